The van der Waals surface area contributed by atoms with E-state index in [9.17, 15) is 4.79 Å². The van der Waals surface area contributed by atoms with Gasteiger partial charge in [0.05, 0.1) is 0 Å². The maximum atomic E-state index is 10.4. The summed E-state index contributed by atoms with van der Waals surface area (Å²) in [6, 6.07) is 9.89. The summed E-state index contributed by atoms with van der Waals surface area (Å²) in [5.74, 6) is -0.865. The standard InChI is InChI=1S/C12H16O3/c1-9(7-8-11(13)12(14)15)10-5-3-2-4-6-10/h2-6,9,11,13H,7-8H2,1H3,(H,14,15)/t9?,11-/m1/s1. The maximum Gasteiger partial charge on any atom is 0.332 e. The molecule has 1 unspecified atom stereocenters. The molecule has 0 bridgehead atoms. The highest BCUT2D eigenvalue weighted by molar-refractivity contribution is 5.71. The second-order valence-electron chi connectivity index (χ2n) is 3.74. The van der Waals surface area contributed by atoms with E-state index in [1.165, 1.54) is 5.56 Å². The second-order valence-corrected chi connectivity index (χ2v) is 3.74. The molecule has 3 nitrogen and oxygen atoms in total. The summed E-state index contributed by atoms with van der Waals surface area (Å²) in [5, 5.41) is 17.6. The van der Waals surface area contributed by atoms with Crippen LogP contribution in [-0.4, -0.2) is 22.3 Å². The van der Waals surface area contributed by atoms with E-state index in [2.05, 4.69) is 0 Å². The summed E-state index contributed by atoms with van der Waals surface area (Å²) in [5.41, 5.74) is 1.18. The first-order chi connectivity index (χ1) is 7.11. The molecule has 82 valence electrons. The average molecular weight is 208 g/mol. The van der Waals surface area contributed by atoms with Crippen LogP contribution >= 0.6 is 0 Å². The summed E-state index contributed by atoms with van der Waals surface area (Å²) in [6.45, 7) is 2.03. The minimum absolute atomic E-state index is 0.278. The number of aliphatic carboxylic acids is 1. The number of carboxylic acid groups (broad SMARTS) is 1. The fourth-order valence-electron chi connectivity index (χ4n) is 1.48. The first kappa shape index (κ1) is 11.7. The van der Waals surface area contributed by atoms with E-state index in [1.807, 2.05) is 37.3 Å². The molecule has 0 radical (unpaired) electrons. The molecule has 0 saturated carbocycles. The van der Waals surface area contributed by atoms with Crippen LogP contribution < -0.4 is 0 Å². The Bertz CT molecular complexity index is 308. The Balaban J connectivity index is 2.43. The highest BCUT2D eigenvalue weighted by Gasteiger charge is 2.14. The van der Waals surface area contributed by atoms with Crippen LogP contribution in [0.5, 0.6) is 0 Å². The molecule has 2 atom stereocenters. The fourth-order valence-corrected chi connectivity index (χ4v) is 1.48. The quantitative estimate of drug-likeness (QED) is 0.778. The van der Waals surface area contributed by atoms with Gasteiger partial charge >= 0.3 is 5.97 Å². The van der Waals surface area contributed by atoms with Crippen LogP contribution in [0.4, 0.5) is 0 Å². The summed E-state index contributed by atoms with van der Waals surface area (Å²) in [4.78, 5) is 10.4. The van der Waals surface area contributed by atoms with Gasteiger partial charge in [-0.1, -0.05) is 37.3 Å². The molecule has 0 heterocycles. The van der Waals surface area contributed by atoms with Crippen LogP contribution in [0.2, 0.25) is 0 Å². The van der Waals surface area contributed by atoms with Crippen molar-refractivity contribution in [2.24, 2.45) is 0 Å². The molecule has 0 amide bonds. The van der Waals surface area contributed by atoms with Crippen molar-refractivity contribution in [2.75, 3.05) is 0 Å². The monoisotopic (exact) mass is 208 g/mol. The molecule has 3 heteroatoms. The van der Waals surface area contributed by atoms with Gasteiger partial charge in [0, 0.05) is 0 Å². The number of rotatable bonds is 5. The van der Waals surface area contributed by atoms with Crippen LogP contribution in [-0.2, 0) is 4.79 Å². The van der Waals surface area contributed by atoms with Gasteiger partial charge in [-0.2, -0.15) is 0 Å². The molecule has 0 spiro atoms. The number of benzene rings is 1. The molecule has 0 saturated heterocycles. The third-order valence-corrected chi connectivity index (χ3v) is 2.53. The largest absolute Gasteiger partial charge is 0.479 e. The fraction of sp³-hybridized carbons (Fsp3) is 0.417. The zero-order chi connectivity index (χ0) is 11.3. The van der Waals surface area contributed by atoms with E-state index < -0.39 is 12.1 Å². The SMILES string of the molecule is CC(CC[C@@H](O)C(=O)O)c1ccccc1. The van der Waals surface area contributed by atoms with E-state index in [-0.39, 0.29) is 5.92 Å². The van der Waals surface area contributed by atoms with Crippen molar-refractivity contribution in [1.82, 2.24) is 0 Å². The third-order valence-electron chi connectivity index (χ3n) is 2.53. The van der Waals surface area contributed by atoms with Crippen molar-refractivity contribution in [3.05, 3.63) is 35.9 Å². The average Bonchev–Trinajstić information content (AvgIpc) is 2.26. The van der Waals surface area contributed by atoms with Gasteiger partial charge in [0.25, 0.3) is 0 Å². The van der Waals surface area contributed by atoms with E-state index in [0.29, 0.717) is 12.8 Å². The van der Waals surface area contributed by atoms with Crippen LogP contribution in [0.25, 0.3) is 0 Å². The molecular formula is C12H16O3. The number of hydrogen-bond acceptors (Lipinski definition) is 2. The van der Waals surface area contributed by atoms with Gasteiger partial charge in [-0.3, -0.25) is 0 Å². The smallest absolute Gasteiger partial charge is 0.332 e. The molecule has 1 aromatic carbocycles. The maximum absolute atomic E-state index is 10.4. The lowest BCUT2D eigenvalue weighted by Gasteiger charge is -2.12. The van der Waals surface area contributed by atoms with Crippen molar-refractivity contribution >= 4 is 5.97 Å². The van der Waals surface area contributed by atoms with Crippen LogP contribution in [0.15, 0.2) is 30.3 Å². The number of aliphatic hydroxyl groups is 1. The Morgan fingerprint density at radius 1 is 1.27 bits per heavy atom. The van der Waals surface area contributed by atoms with Crippen LogP contribution in [0, 0.1) is 0 Å². The number of hydrogen-bond donors (Lipinski definition) is 2. The van der Waals surface area contributed by atoms with Crippen molar-refractivity contribution in [2.45, 2.75) is 31.8 Å². The molecular weight excluding hydrogens is 192 g/mol. The Kier molecular flexibility index (Phi) is 4.31. The number of carboxylic acids is 1. The summed E-state index contributed by atoms with van der Waals surface area (Å²) < 4.78 is 0. The lowest BCUT2D eigenvalue weighted by molar-refractivity contribution is -0.147. The molecule has 0 aliphatic carbocycles. The number of aliphatic hydroxyl groups excluding tert-OH is 1. The lowest BCUT2D eigenvalue weighted by Crippen LogP contribution is -2.19. The Morgan fingerprint density at radius 3 is 2.40 bits per heavy atom. The van der Waals surface area contributed by atoms with Gasteiger partial charge in [0.15, 0.2) is 6.10 Å². The van der Waals surface area contributed by atoms with Crippen LogP contribution in [0.3, 0.4) is 0 Å². The molecule has 1 aromatic rings. The van der Waals surface area contributed by atoms with Gasteiger partial charge in [-0.25, -0.2) is 4.79 Å². The van der Waals surface area contributed by atoms with Crippen molar-refractivity contribution in [3.8, 4) is 0 Å². The lowest BCUT2D eigenvalue weighted by atomic mass is 9.95. The molecule has 1 rings (SSSR count). The van der Waals surface area contributed by atoms with Gasteiger partial charge in [0.2, 0.25) is 0 Å². The number of carbonyl (C=O) groups is 1. The first-order valence-electron chi connectivity index (χ1n) is 5.07. The Labute approximate surface area is 89.4 Å². The van der Waals surface area contributed by atoms with Gasteiger partial charge in [-0.05, 0) is 24.3 Å². The van der Waals surface area contributed by atoms with E-state index in [0.717, 1.165) is 0 Å². The zero-order valence-corrected chi connectivity index (χ0v) is 8.76. The summed E-state index contributed by atoms with van der Waals surface area (Å²) >= 11 is 0. The van der Waals surface area contributed by atoms with Crippen molar-refractivity contribution in [3.63, 3.8) is 0 Å². The third kappa shape index (κ3) is 3.72. The van der Waals surface area contributed by atoms with E-state index in [4.69, 9.17) is 10.2 Å². The van der Waals surface area contributed by atoms with Gasteiger partial charge in [0.1, 0.15) is 0 Å². The zero-order valence-electron chi connectivity index (χ0n) is 8.76. The second kappa shape index (κ2) is 5.51. The summed E-state index contributed by atoms with van der Waals surface area (Å²) in [7, 11) is 0. The Morgan fingerprint density at radius 2 is 1.87 bits per heavy atom. The molecule has 2 N–H and O–H groups in total. The molecule has 0 aromatic heterocycles. The highest BCUT2D eigenvalue weighted by atomic mass is 16.4. The minimum Gasteiger partial charge on any atom is -0.479 e. The Hall–Kier alpha value is -1.35. The van der Waals surface area contributed by atoms with Gasteiger partial charge < -0.3 is 10.2 Å². The summed E-state index contributed by atoms with van der Waals surface area (Å²) in [6.07, 6.45) is -0.265. The van der Waals surface area contributed by atoms with Crippen molar-refractivity contribution in [1.29, 1.82) is 0 Å². The van der Waals surface area contributed by atoms with Gasteiger partial charge in [-0.15, -0.1) is 0 Å². The predicted molar refractivity (Wildman–Crippen MR) is 57.7 cm³/mol. The predicted octanol–water partition coefficient (Wildman–Crippen LogP) is 2.02. The van der Waals surface area contributed by atoms with Crippen molar-refractivity contribution < 1.29 is 15.0 Å². The van der Waals surface area contributed by atoms with Crippen LogP contribution in [0.1, 0.15) is 31.2 Å². The molecule has 0 aliphatic heterocycles. The molecule has 15 heavy (non-hydrogen) atoms. The molecule has 0 fully saturated rings. The van der Waals surface area contributed by atoms with E-state index in [1.54, 1.807) is 0 Å². The normalized spacial score (nSPS) is 14.5. The van der Waals surface area contributed by atoms with E-state index >= 15 is 0 Å². The minimum atomic E-state index is -1.24. The first-order valence-corrected chi connectivity index (χ1v) is 5.07. The highest BCUT2D eigenvalue weighted by Crippen LogP contribution is 2.20. The molecule has 0 aliphatic rings. The topological polar surface area (TPSA) is 57.5 Å².